The predicted molar refractivity (Wildman–Crippen MR) is 182 cm³/mol. The summed E-state index contributed by atoms with van der Waals surface area (Å²) < 4.78 is 11.9. The largest absolute Gasteiger partial charge is 0.497 e. The molecule has 2 aliphatic heterocycles. The van der Waals surface area contributed by atoms with E-state index in [-0.39, 0.29) is 18.2 Å². The first-order valence-corrected chi connectivity index (χ1v) is 16.3. The molecular formula is C35H41Cl2N5O4. The summed E-state index contributed by atoms with van der Waals surface area (Å²) in [5.74, 6) is 1.68. The molecule has 0 bridgehead atoms. The van der Waals surface area contributed by atoms with Crippen molar-refractivity contribution >= 4 is 41.1 Å². The Labute approximate surface area is 281 Å². The number of carbonyl (C=O) groups excluding carboxylic acids is 2. The number of amidine groups is 1. The standard InChI is InChI=1S/C35H41Cl2N5O4/c1-7-35(25-10-14-27(37)15-11-25)31(24-8-12-26(36)13-9-24)42(34(44)41-20-18-40(19-21-41)33(43)39(4)5)32(38-35)29-17-16-28(45-6)22-30(29)46-23(2)3/h8-17,22-23,31H,7,18-21H2,1-6H3/t31-,35-/m0/s1. The monoisotopic (exact) mass is 665 g/mol. The third kappa shape index (κ3) is 6.48. The van der Waals surface area contributed by atoms with Gasteiger partial charge in [0.05, 0.1) is 24.8 Å². The van der Waals surface area contributed by atoms with Crippen LogP contribution in [0.3, 0.4) is 0 Å². The van der Waals surface area contributed by atoms with E-state index in [1.807, 2.05) is 80.6 Å². The van der Waals surface area contributed by atoms with Crippen LogP contribution in [0.1, 0.15) is 49.9 Å². The summed E-state index contributed by atoms with van der Waals surface area (Å²) in [5.41, 5.74) is 1.61. The molecule has 0 unspecified atom stereocenters. The Hall–Kier alpha value is -3.95. The van der Waals surface area contributed by atoms with E-state index in [2.05, 4.69) is 6.92 Å². The lowest BCUT2D eigenvalue weighted by molar-refractivity contribution is 0.111. The minimum atomic E-state index is -0.874. The number of rotatable bonds is 7. The molecule has 5 rings (SSSR count). The Balaban J connectivity index is 1.70. The predicted octanol–water partition coefficient (Wildman–Crippen LogP) is 7.32. The second kappa shape index (κ2) is 13.8. The number of hydrogen-bond acceptors (Lipinski definition) is 5. The van der Waals surface area contributed by atoms with Gasteiger partial charge in [0.25, 0.3) is 0 Å². The van der Waals surface area contributed by atoms with Crippen LogP contribution in [0.4, 0.5) is 9.59 Å². The fourth-order valence-corrected chi connectivity index (χ4v) is 6.48. The number of amides is 4. The Kier molecular flexibility index (Phi) is 10.0. The second-order valence-electron chi connectivity index (χ2n) is 12.0. The first-order chi connectivity index (χ1) is 22.0. The van der Waals surface area contributed by atoms with E-state index in [4.69, 9.17) is 37.7 Å². The van der Waals surface area contributed by atoms with Crippen molar-refractivity contribution in [1.29, 1.82) is 0 Å². The molecule has 11 heteroatoms. The molecule has 0 saturated carbocycles. The highest BCUT2D eigenvalue weighted by molar-refractivity contribution is 6.30. The summed E-state index contributed by atoms with van der Waals surface area (Å²) in [5, 5.41) is 1.21. The van der Waals surface area contributed by atoms with Gasteiger partial charge in [0.15, 0.2) is 0 Å². The first kappa shape index (κ1) is 33.4. The molecule has 1 fully saturated rings. The maximum atomic E-state index is 14.9. The number of aliphatic imine (C=N–C) groups is 1. The van der Waals surface area contributed by atoms with Crippen LogP contribution < -0.4 is 9.47 Å². The van der Waals surface area contributed by atoms with Crippen molar-refractivity contribution in [2.24, 2.45) is 4.99 Å². The molecule has 3 aromatic rings. The number of hydrogen-bond donors (Lipinski definition) is 0. The summed E-state index contributed by atoms with van der Waals surface area (Å²) in [6.45, 7) is 7.61. The highest BCUT2D eigenvalue weighted by atomic mass is 35.5. The van der Waals surface area contributed by atoms with Crippen LogP contribution in [-0.2, 0) is 5.54 Å². The molecule has 2 aliphatic rings. The highest BCUT2D eigenvalue weighted by Crippen LogP contribution is 2.52. The zero-order chi connectivity index (χ0) is 33.2. The molecule has 244 valence electrons. The Morgan fingerprint density at radius 2 is 1.52 bits per heavy atom. The van der Waals surface area contributed by atoms with Gasteiger partial charge >= 0.3 is 12.1 Å². The van der Waals surface area contributed by atoms with Gasteiger partial charge in [-0.15, -0.1) is 0 Å². The molecule has 4 amide bonds. The number of nitrogens with zero attached hydrogens (tertiary/aromatic N) is 5. The number of piperazine rings is 1. The molecule has 2 atom stereocenters. The van der Waals surface area contributed by atoms with Crippen molar-refractivity contribution in [1.82, 2.24) is 19.6 Å². The molecular weight excluding hydrogens is 625 g/mol. The Morgan fingerprint density at radius 3 is 2.07 bits per heavy atom. The maximum Gasteiger partial charge on any atom is 0.326 e. The van der Waals surface area contributed by atoms with Crippen LogP contribution >= 0.6 is 23.2 Å². The fraction of sp³-hybridized carbons (Fsp3) is 0.400. The van der Waals surface area contributed by atoms with Crippen LogP contribution in [0.5, 0.6) is 11.5 Å². The summed E-state index contributed by atoms with van der Waals surface area (Å²) in [6.07, 6.45) is 0.440. The third-order valence-corrected chi connectivity index (χ3v) is 9.02. The molecule has 3 aromatic carbocycles. The van der Waals surface area contributed by atoms with Crippen molar-refractivity contribution in [3.8, 4) is 11.5 Å². The lowest BCUT2D eigenvalue weighted by atomic mass is 9.78. The van der Waals surface area contributed by atoms with E-state index >= 15 is 0 Å². The van der Waals surface area contributed by atoms with Crippen LogP contribution in [0.15, 0.2) is 71.7 Å². The maximum absolute atomic E-state index is 14.9. The molecule has 2 heterocycles. The van der Waals surface area contributed by atoms with Gasteiger partial charge in [0.1, 0.15) is 22.9 Å². The van der Waals surface area contributed by atoms with Gasteiger partial charge in [-0.1, -0.05) is 54.4 Å². The molecule has 1 saturated heterocycles. The summed E-state index contributed by atoms with van der Waals surface area (Å²) >= 11 is 12.7. The van der Waals surface area contributed by atoms with Gasteiger partial charge < -0.3 is 24.2 Å². The SMILES string of the molecule is CC[C@@]1(c2ccc(Cl)cc2)N=C(c2ccc(OC)cc2OC(C)C)N(C(=O)N2CCN(C(=O)N(C)C)CC2)[C@H]1c1ccc(Cl)cc1. The number of methoxy groups -OCH3 is 1. The van der Waals surface area contributed by atoms with Crippen molar-refractivity contribution in [3.05, 3.63) is 93.5 Å². The fourth-order valence-electron chi connectivity index (χ4n) is 6.23. The zero-order valence-corrected chi connectivity index (χ0v) is 28.7. The zero-order valence-electron chi connectivity index (χ0n) is 27.2. The summed E-state index contributed by atoms with van der Waals surface area (Å²) in [4.78, 5) is 40.1. The van der Waals surface area contributed by atoms with E-state index < -0.39 is 11.6 Å². The van der Waals surface area contributed by atoms with Crippen LogP contribution in [0.2, 0.25) is 10.0 Å². The van der Waals surface area contributed by atoms with Crippen molar-refractivity contribution < 1.29 is 19.1 Å². The minimum absolute atomic E-state index is 0.0731. The summed E-state index contributed by atoms with van der Waals surface area (Å²) in [7, 11) is 5.07. The molecule has 0 radical (unpaired) electrons. The van der Waals surface area contributed by atoms with Crippen LogP contribution in [-0.4, -0.2) is 91.0 Å². The average molecular weight is 667 g/mol. The van der Waals surface area contributed by atoms with E-state index in [0.717, 1.165) is 11.1 Å². The minimum Gasteiger partial charge on any atom is -0.497 e. The van der Waals surface area contributed by atoms with E-state index in [1.54, 1.807) is 40.8 Å². The third-order valence-electron chi connectivity index (χ3n) is 8.51. The summed E-state index contributed by atoms with van der Waals surface area (Å²) in [6, 6.07) is 20.0. The van der Waals surface area contributed by atoms with E-state index in [9.17, 15) is 9.59 Å². The molecule has 0 aromatic heterocycles. The first-order valence-electron chi connectivity index (χ1n) is 15.5. The second-order valence-corrected chi connectivity index (χ2v) is 12.9. The topological polar surface area (TPSA) is 77.9 Å². The smallest absolute Gasteiger partial charge is 0.326 e. The van der Waals surface area contributed by atoms with Gasteiger partial charge in [-0.05, 0) is 67.8 Å². The lowest BCUT2D eigenvalue weighted by Gasteiger charge is -2.41. The highest BCUT2D eigenvalue weighted by Gasteiger charge is 2.53. The van der Waals surface area contributed by atoms with Crippen molar-refractivity contribution in [3.63, 3.8) is 0 Å². The molecule has 46 heavy (non-hydrogen) atoms. The average Bonchev–Trinajstić information content (AvgIpc) is 3.40. The number of benzene rings is 3. The molecule has 0 N–H and O–H groups in total. The number of halogens is 2. The van der Waals surface area contributed by atoms with Gasteiger partial charge in [0, 0.05) is 56.4 Å². The van der Waals surface area contributed by atoms with Gasteiger partial charge in [-0.3, -0.25) is 9.89 Å². The van der Waals surface area contributed by atoms with Crippen molar-refractivity contribution in [2.45, 2.75) is 44.9 Å². The molecule has 0 spiro atoms. The van der Waals surface area contributed by atoms with Crippen LogP contribution in [0.25, 0.3) is 0 Å². The van der Waals surface area contributed by atoms with Crippen LogP contribution in [0, 0.1) is 0 Å². The molecule has 9 nitrogen and oxygen atoms in total. The van der Waals surface area contributed by atoms with E-state index in [1.165, 1.54) is 0 Å². The van der Waals surface area contributed by atoms with Gasteiger partial charge in [-0.2, -0.15) is 0 Å². The van der Waals surface area contributed by atoms with Gasteiger partial charge in [-0.25, -0.2) is 9.59 Å². The number of carbonyl (C=O) groups is 2. The van der Waals surface area contributed by atoms with Gasteiger partial charge in [0.2, 0.25) is 0 Å². The lowest BCUT2D eigenvalue weighted by Crippen LogP contribution is -2.57. The Morgan fingerprint density at radius 1 is 0.935 bits per heavy atom. The van der Waals surface area contributed by atoms with E-state index in [0.29, 0.717) is 65.5 Å². The number of urea groups is 2. The normalized spacial score (nSPS) is 19.7. The van der Waals surface area contributed by atoms with Crippen molar-refractivity contribution in [2.75, 3.05) is 47.4 Å². The quantitative estimate of drug-likeness (QED) is 0.265. The Bertz CT molecular complexity index is 1590. The number of ether oxygens (including phenoxy) is 2. The molecule has 0 aliphatic carbocycles.